The number of pyridine rings is 2. The van der Waals surface area contributed by atoms with Crippen molar-refractivity contribution in [3.05, 3.63) is 46.4 Å². The van der Waals surface area contributed by atoms with Crippen LogP contribution in [0.4, 0.5) is 10.1 Å². The van der Waals surface area contributed by atoms with Gasteiger partial charge in [-0.3, -0.25) is 4.79 Å². The molecule has 0 saturated heterocycles. The topological polar surface area (TPSA) is 100 Å². The molecule has 0 aromatic carbocycles. The molecule has 3 N–H and O–H groups in total. The van der Waals surface area contributed by atoms with Crippen LogP contribution in [0, 0.1) is 17.1 Å². The maximum absolute atomic E-state index is 13.4. The van der Waals surface area contributed by atoms with Crippen molar-refractivity contribution in [2.45, 2.75) is 0 Å². The second-order valence-electron chi connectivity index (χ2n) is 4.61. The second kappa shape index (κ2) is 4.45. The Morgan fingerprint density at radius 2 is 2.29 bits per heavy atom. The number of halogens is 1. The number of fused-ring (bicyclic) bond motifs is 1. The molecule has 0 amide bonds. The van der Waals surface area contributed by atoms with E-state index in [1.54, 1.807) is 0 Å². The predicted molar refractivity (Wildman–Crippen MR) is 75.9 cm³/mol. The highest BCUT2D eigenvalue weighted by Crippen LogP contribution is 2.30. The Labute approximate surface area is 118 Å². The molecule has 3 rings (SSSR count). The van der Waals surface area contributed by atoms with Crippen LogP contribution in [0.5, 0.6) is 0 Å². The summed E-state index contributed by atoms with van der Waals surface area (Å²) in [5.41, 5.74) is 6.65. The lowest BCUT2D eigenvalue weighted by molar-refractivity contribution is 0.624. The summed E-state index contributed by atoms with van der Waals surface area (Å²) in [7, 11) is 1.54. The van der Waals surface area contributed by atoms with Crippen molar-refractivity contribution in [3.8, 4) is 17.2 Å². The first-order valence-electron chi connectivity index (χ1n) is 6.05. The highest BCUT2D eigenvalue weighted by Gasteiger charge is 2.18. The van der Waals surface area contributed by atoms with E-state index in [1.165, 1.54) is 30.1 Å². The molecule has 0 aliphatic rings. The van der Waals surface area contributed by atoms with E-state index in [2.05, 4.69) is 9.97 Å². The van der Waals surface area contributed by atoms with Crippen molar-refractivity contribution in [2.75, 3.05) is 5.73 Å². The first kappa shape index (κ1) is 12.9. The maximum atomic E-state index is 13.4. The number of hydrogen-bond donors (Lipinski definition) is 2. The van der Waals surface area contributed by atoms with E-state index in [9.17, 15) is 14.4 Å². The summed E-state index contributed by atoms with van der Waals surface area (Å²) in [4.78, 5) is 19.1. The normalized spacial score (nSPS) is 10.7. The summed E-state index contributed by atoms with van der Waals surface area (Å²) in [5.74, 6) is -0.525. The number of nitrogens with one attached hydrogen (secondary N) is 1. The number of aromatic amines is 1. The summed E-state index contributed by atoms with van der Waals surface area (Å²) in [6.45, 7) is 0. The fourth-order valence-corrected chi connectivity index (χ4v) is 2.31. The van der Waals surface area contributed by atoms with Gasteiger partial charge in [0.15, 0.2) is 0 Å². The third-order valence-electron chi connectivity index (χ3n) is 3.28. The van der Waals surface area contributed by atoms with E-state index < -0.39 is 5.82 Å². The van der Waals surface area contributed by atoms with E-state index in [0.717, 1.165) is 6.20 Å². The van der Waals surface area contributed by atoms with E-state index in [0.29, 0.717) is 16.6 Å². The van der Waals surface area contributed by atoms with E-state index >= 15 is 0 Å². The molecule has 21 heavy (non-hydrogen) atoms. The number of nitrogens with zero attached hydrogens (tertiary/aromatic N) is 3. The van der Waals surface area contributed by atoms with Gasteiger partial charge in [0, 0.05) is 30.4 Å². The molecule has 0 unspecified atom stereocenters. The SMILES string of the molecule is Cn1cc(N)c(C#N)c(-c2c[nH]c3ncc(F)cc23)c1=O. The quantitative estimate of drug-likeness (QED) is 0.707. The van der Waals surface area contributed by atoms with Gasteiger partial charge in [-0.1, -0.05) is 0 Å². The third kappa shape index (κ3) is 1.85. The Hall–Kier alpha value is -3.14. The first-order valence-corrected chi connectivity index (χ1v) is 6.05. The molecule has 104 valence electrons. The van der Waals surface area contributed by atoms with Crippen LogP contribution in [-0.4, -0.2) is 14.5 Å². The number of nitrogens with two attached hydrogens (primary N) is 1. The lowest BCUT2D eigenvalue weighted by Crippen LogP contribution is -2.20. The van der Waals surface area contributed by atoms with E-state index in [1.807, 2.05) is 6.07 Å². The molecule has 3 aromatic heterocycles. The number of aryl methyl sites for hydroxylation is 1. The van der Waals surface area contributed by atoms with Crippen LogP contribution in [0.25, 0.3) is 22.2 Å². The van der Waals surface area contributed by atoms with Crippen molar-refractivity contribution in [1.29, 1.82) is 5.26 Å². The molecule has 0 aliphatic heterocycles. The number of rotatable bonds is 1. The summed E-state index contributed by atoms with van der Waals surface area (Å²) in [6, 6.07) is 3.19. The minimum absolute atomic E-state index is 0.0725. The number of H-pyrrole nitrogens is 1. The number of nitriles is 1. The van der Waals surface area contributed by atoms with Crippen LogP contribution >= 0.6 is 0 Å². The van der Waals surface area contributed by atoms with Gasteiger partial charge >= 0.3 is 0 Å². The van der Waals surface area contributed by atoms with Gasteiger partial charge in [0.05, 0.1) is 23.0 Å². The summed E-state index contributed by atoms with van der Waals surface area (Å²) >= 11 is 0. The van der Waals surface area contributed by atoms with Crippen molar-refractivity contribution in [1.82, 2.24) is 14.5 Å². The number of nitrogen functional groups attached to an aromatic ring is 1. The molecule has 0 bridgehead atoms. The van der Waals surface area contributed by atoms with Gasteiger partial charge in [0.25, 0.3) is 5.56 Å². The van der Waals surface area contributed by atoms with Crippen molar-refractivity contribution in [2.24, 2.45) is 7.05 Å². The molecular formula is C14H10FN5O. The molecule has 3 heterocycles. The standard InChI is InChI=1S/C14H10FN5O/c1-20-6-11(17)9(3-16)12(14(20)21)10-5-19-13-8(10)2-7(15)4-18-13/h2,4-6H,17H2,1H3,(H,18,19). The smallest absolute Gasteiger partial charge is 0.259 e. The van der Waals surface area contributed by atoms with Gasteiger partial charge in [-0.15, -0.1) is 0 Å². The van der Waals surface area contributed by atoms with E-state index in [4.69, 9.17) is 5.73 Å². The van der Waals surface area contributed by atoms with Crippen LogP contribution in [0.2, 0.25) is 0 Å². The number of anilines is 1. The van der Waals surface area contributed by atoms with Crippen molar-refractivity contribution >= 4 is 16.7 Å². The molecule has 6 nitrogen and oxygen atoms in total. The number of aromatic nitrogens is 3. The fourth-order valence-electron chi connectivity index (χ4n) is 2.31. The Morgan fingerprint density at radius 1 is 1.52 bits per heavy atom. The largest absolute Gasteiger partial charge is 0.396 e. The molecule has 3 aromatic rings. The third-order valence-corrected chi connectivity index (χ3v) is 3.28. The van der Waals surface area contributed by atoms with Crippen LogP contribution in [-0.2, 0) is 7.05 Å². The Morgan fingerprint density at radius 3 is 3.00 bits per heavy atom. The highest BCUT2D eigenvalue weighted by molar-refractivity contribution is 5.95. The Balaban J connectivity index is 2.47. The van der Waals surface area contributed by atoms with Crippen molar-refractivity contribution in [3.63, 3.8) is 0 Å². The average molecular weight is 283 g/mol. The van der Waals surface area contributed by atoms with Crippen LogP contribution < -0.4 is 11.3 Å². The molecule has 0 fully saturated rings. The van der Waals surface area contributed by atoms with Gasteiger partial charge in [0.2, 0.25) is 0 Å². The molecule has 7 heteroatoms. The second-order valence-corrected chi connectivity index (χ2v) is 4.61. The van der Waals surface area contributed by atoms with Crippen LogP contribution in [0.1, 0.15) is 5.56 Å². The van der Waals surface area contributed by atoms with Gasteiger partial charge in [-0.2, -0.15) is 5.26 Å². The zero-order chi connectivity index (χ0) is 15.1. The highest BCUT2D eigenvalue weighted by atomic mass is 19.1. The lowest BCUT2D eigenvalue weighted by Gasteiger charge is -2.08. The van der Waals surface area contributed by atoms with Gasteiger partial charge in [-0.05, 0) is 6.07 Å². The minimum Gasteiger partial charge on any atom is -0.396 e. The van der Waals surface area contributed by atoms with Gasteiger partial charge < -0.3 is 15.3 Å². The monoisotopic (exact) mass is 283 g/mol. The van der Waals surface area contributed by atoms with Crippen LogP contribution in [0.15, 0.2) is 29.5 Å². The summed E-state index contributed by atoms with van der Waals surface area (Å²) < 4.78 is 14.7. The maximum Gasteiger partial charge on any atom is 0.259 e. The molecule has 0 saturated carbocycles. The summed E-state index contributed by atoms with van der Waals surface area (Å²) in [5, 5.41) is 9.69. The molecule has 0 atom stereocenters. The van der Waals surface area contributed by atoms with Crippen molar-refractivity contribution < 1.29 is 4.39 Å². The fraction of sp³-hybridized carbons (Fsp3) is 0.0714. The molecule has 0 radical (unpaired) electrons. The summed E-state index contributed by atoms with van der Waals surface area (Å²) in [6.07, 6.45) is 3.98. The zero-order valence-electron chi connectivity index (χ0n) is 11.0. The molecule has 0 aliphatic carbocycles. The van der Waals surface area contributed by atoms with Crippen LogP contribution in [0.3, 0.4) is 0 Å². The molecule has 0 spiro atoms. The lowest BCUT2D eigenvalue weighted by atomic mass is 10.0. The number of hydrogen-bond acceptors (Lipinski definition) is 4. The molecular weight excluding hydrogens is 273 g/mol. The predicted octanol–water partition coefficient (Wildman–Crippen LogP) is 1.52. The Kier molecular flexibility index (Phi) is 2.73. The first-order chi connectivity index (χ1) is 10.0. The zero-order valence-corrected chi connectivity index (χ0v) is 11.0. The Bertz CT molecular complexity index is 964. The average Bonchev–Trinajstić information content (AvgIpc) is 2.85. The minimum atomic E-state index is -0.525. The van der Waals surface area contributed by atoms with Gasteiger partial charge in [0.1, 0.15) is 17.5 Å². The van der Waals surface area contributed by atoms with Gasteiger partial charge in [-0.25, -0.2) is 9.37 Å². The van der Waals surface area contributed by atoms with E-state index in [-0.39, 0.29) is 22.4 Å².